The second kappa shape index (κ2) is 18.9. The third-order valence-corrected chi connectivity index (χ3v) is 14.5. The van der Waals surface area contributed by atoms with E-state index < -0.39 is 77.3 Å². The average Bonchev–Trinajstić information content (AvgIpc) is 4.03. The van der Waals surface area contributed by atoms with Crippen molar-refractivity contribution in [2.45, 2.75) is 49.5 Å². The molecule has 0 aliphatic carbocycles. The molecule has 1 aromatic heterocycles. The molecule has 4 amide bonds. The number of carbonyl (C=O) groups excluding carboxylic acids is 5. The summed E-state index contributed by atoms with van der Waals surface area (Å²) < 4.78 is 17.8. The topological polar surface area (TPSA) is 177 Å². The highest BCUT2D eigenvalue weighted by atomic mass is 32.1. The number of cyclic esters (lactones) is 1. The SMILES string of the molecule is COC(=O)[C@@H](NC(=O)N1C(=O)[C@@]2(c3cc(C#Cc4ccc(OC)cc4)ccc31)[C@H](C(=O)Nc1nc3ccccc3s1)[C@H]1C(=O)O[C@H](c3ccccc3)[C@H](c3ccccc3)N1[C@@H]2c1ccc(O)cc1)C(C)C. The number of para-hydroxylation sites is 1. The molecule has 71 heavy (non-hydrogen) atoms. The van der Waals surface area contributed by atoms with E-state index in [-0.39, 0.29) is 22.1 Å². The van der Waals surface area contributed by atoms with Gasteiger partial charge in [-0.2, -0.15) is 0 Å². The quantitative estimate of drug-likeness (QED) is 0.0933. The maximum absolute atomic E-state index is 16.7. The lowest BCUT2D eigenvalue weighted by atomic mass is 9.65. The first kappa shape index (κ1) is 46.4. The molecule has 0 unspecified atom stereocenters. The molecule has 3 aliphatic heterocycles. The Balaban J connectivity index is 1.27. The van der Waals surface area contributed by atoms with Crippen LogP contribution in [0.1, 0.15) is 65.4 Å². The van der Waals surface area contributed by atoms with Crippen LogP contribution in [0.15, 0.2) is 152 Å². The van der Waals surface area contributed by atoms with Crippen LogP contribution in [0.25, 0.3) is 10.2 Å². The van der Waals surface area contributed by atoms with Crippen molar-refractivity contribution in [3.05, 3.63) is 185 Å². The number of esters is 2. The van der Waals surface area contributed by atoms with E-state index in [1.807, 2.05) is 89.8 Å². The van der Waals surface area contributed by atoms with Gasteiger partial charge in [-0.05, 0) is 94.9 Å². The van der Waals surface area contributed by atoms with Crippen LogP contribution in [0, 0.1) is 23.7 Å². The van der Waals surface area contributed by atoms with Crippen molar-refractivity contribution in [3.8, 4) is 23.3 Å². The normalized spacial score (nSPS) is 21.7. The molecule has 10 rings (SSSR count). The number of hydrogen-bond donors (Lipinski definition) is 3. The maximum atomic E-state index is 16.7. The first-order valence-corrected chi connectivity index (χ1v) is 23.8. The molecule has 7 atom stereocenters. The molecule has 3 aliphatic rings. The van der Waals surface area contributed by atoms with E-state index in [9.17, 15) is 9.90 Å². The highest BCUT2D eigenvalue weighted by Gasteiger charge is 2.75. The fourth-order valence-corrected chi connectivity index (χ4v) is 11.3. The van der Waals surface area contributed by atoms with Crippen LogP contribution in [0.5, 0.6) is 11.5 Å². The maximum Gasteiger partial charge on any atom is 0.329 e. The minimum absolute atomic E-state index is 0.0694. The number of phenolic OH excluding ortho intramolecular Hbond substituents is 1. The fourth-order valence-electron chi connectivity index (χ4n) is 10.4. The zero-order chi connectivity index (χ0) is 49.6. The Morgan fingerprint density at radius 3 is 2.08 bits per heavy atom. The average molecular weight is 966 g/mol. The highest BCUT2D eigenvalue weighted by molar-refractivity contribution is 7.22. The Bertz CT molecular complexity index is 3230. The van der Waals surface area contributed by atoms with E-state index in [2.05, 4.69) is 22.5 Å². The number of benzene rings is 6. The number of rotatable bonds is 9. The summed E-state index contributed by atoms with van der Waals surface area (Å²) in [5, 5.41) is 16.8. The van der Waals surface area contributed by atoms with Crippen LogP contribution >= 0.6 is 11.3 Å². The number of hydrogen-bond acceptors (Lipinski definition) is 12. The van der Waals surface area contributed by atoms with E-state index in [1.165, 1.54) is 30.6 Å². The highest BCUT2D eigenvalue weighted by Crippen LogP contribution is 2.66. The van der Waals surface area contributed by atoms with Gasteiger partial charge in [0.2, 0.25) is 11.8 Å². The molecular weight excluding hydrogens is 919 g/mol. The van der Waals surface area contributed by atoms with Crippen LogP contribution in [0.4, 0.5) is 15.6 Å². The van der Waals surface area contributed by atoms with Gasteiger partial charge in [0.05, 0.1) is 48.1 Å². The Kier molecular flexibility index (Phi) is 12.3. The summed E-state index contributed by atoms with van der Waals surface area (Å²) in [6, 6.07) is 38.7. The van der Waals surface area contributed by atoms with Gasteiger partial charge < -0.3 is 30.0 Å². The molecule has 6 aromatic carbocycles. The summed E-state index contributed by atoms with van der Waals surface area (Å²) in [7, 11) is 2.78. The number of morpholine rings is 1. The Hall–Kier alpha value is -8.32. The summed E-state index contributed by atoms with van der Waals surface area (Å²) in [5.41, 5.74) is 1.68. The number of anilines is 2. The standard InChI is InChI=1S/C56H47N5O9S/c1-32(2)45(51(64)69-4)58-55(67)60-42-30-23-34(20-19-33-21-28-39(68-3)29-22-33)31-40(42)56(53(60)66)44(50(63)59-54-57-41-17-11-12-18-43(41)71-54)47-52(65)70-48(36-15-9-6-10-16-36)46(35-13-7-5-8-14-35)61(47)49(56)37-24-26-38(62)27-25-37/h5-18,21-32,44-49,62H,1-4H3,(H,58,67)(H,57,59,63)/t44-,45-,46-,47-,48+,49+,56-/m0/s1. The molecule has 2 saturated heterocycles. The molecule has 0 bridgehead atoms. The number of phenols is 1. The number of fused-ring (bicyclic) bond motifs is 4. The van der Waals surface area contributed by atoms with Gasteiger partial charge in [0.1, 0.15) is 35.1 Å². The molecule has 356 valence electrons. The van der Waals surface area contributed by atoms with Gasteiger partial charge in [-0.25, -0.2) is 19.5 Å². The number of nitrogens with zero attached hydrogens (tertiary/aromatic N) is 3. The molecule has 2 fully saturated rings. The summed E-state index contributed by atoms with van der Waals surface area (Å²) in [6.45, 7) is 3.46. The van der Waals surface area contributed by atoms with Crippen molar-refractivity contribution < 1.29 is 43.3 Å². The first-order chi connectivity index (χ1) is 34.4. The summed E-state index contributed by atoms with van der Waals surface area (Å²) >= 11 is 1.22. The molecule has 4 heterocycles. The Morgan fingerprint density at radius 2 is 1.42 bits per heavy atom. The molecule has 7 aromatic rings. The van der Waals surface area contributed by atoms with Crippen LogP contribution in [-0.4, -0.2) is 71.1 Å². The first-order valence-electron chi connectivity index (χ1n) is 23.0. The number of ether oxygens (including phenoxy) is 3. The number of methoxy groups -OCH3 is 2. The number of nitrogens with one attached hydrogen (secondary N) is 2. The predicted octanol–water partition coefficient (Wildman–Crippen LogP) is 8.62. The van der Waals surface area contributed by atoms with Crippen LogP contribution < -0.4 is 20.3 Å². The third-order valence-electron chi connectivity index (χ3n) is 13.5. The van der Waals surface area contributed by atoms with Crippen LogP contribution in [-0.2, 0) is 34.1 Å². The van der Waals surface area contributed by atoms with Crippen molar-refractivity contribution in [1.29, 1.82) is 0 Å². The van der Waals surface area contributed by atoms with Crippen LogP contribution in [0.3, 0.4) is 0 Å². The van der Waals surface area contributed by atoms with E-state index >= 15 is 19.2 Å². The minimum Gasteiger partial charge on any atom is -0.508 e. The van der Waals surface area contributed by atoms with Crippen LogP contribution in [0.2, 0.25) is 0 Å². The lowest BCUT2D eigenvalue weighted by Gasteiger charge is -2.46. The number of urea groups is 1. The van der Waals surface area contributed by atoms with Crippen molar-refractivity contribution in [2.24, 2.45) is 11.8 Å². The lowest BCUT2D eigenvalue weighted by molar-refractivity contribution is -0.177. The number of aromatic nitrogens is 1. The molecule has 1 spiro atoms. The second-order valence-electron chi connectivity index (χ2n) is 17.9. The van der Waals surface area contributed by atoms with Gasteiger partial charge in [-0.1, -0.05) is 122 Å². The van der Waals surface area contributed by atoms with Gasteiger partial charge >= 0.3 is 18.0 Å². The van der Waals surface area contributed by atoms with Crippen molar-refractivity contribution >= 4 is 62.2 Å². The monoisotopic (exact) mass is 965 g/mol. The molecule has 0 saturated carbocycles. The lowest BCUT2D eigenvalue weighted by Crippen LogP contribution is -2.57. The summed E-state index contributed by atoms with van der Waals surface area (Å²) in [4.78, 5) is 84.0. The van der Waals surface area contributed by atoms with Crippen molar-refractivity contribution in [3.63, 3.8) is 0 Å². The molecule has 15 heteroatoms. The van der Waals surface area contributed by atoms with Crippen molar-refractivity contribution in [2.75, 3.05) is 24.4 Å². The molecule has 0 radical (unpaired) electrons. The smallest absolute Gasteiger partial charge is 0.329 e. The zero-order valence-electron chi connectivity index (χ0n) is 38.9. The van der Waals surface area contributed by atoms with Gasteiger partial charge in [-0.15, -0.1) is 0 Å². The van der Waals surface area contributed by atoms with Crippen molar-refractivity contribution in [1.82, 2.24) is 15.2 Å². The van der Waals surface area contributed by atoms with Gasteiger partial charge in [0.25, 0.3) is 0 Å². The number of aromatic hydroxyl groups is 1. The summed E-state index contributed by atoms with van der Waals surface area (Å²) in [6.07, 6.45) is -0.964. The molecule has 14 nitrogen and oxygen atoms in total. The Labute approximate surface area is 413 Å². The second-order valence-corrected chi connectivity index (χ2v) is 18.9. The third kappa shape index (κ3) is 8.10. The predicted molar refractivity (Wildman–Crippen MR) is 266 cm³/mol. The van der Waals surface area contributed by atoms with Gasteiger partial charge in [-0.3, -0.25) is 19.3 Å². The van der Waals surface area contributed by atoms with E-state index in [1.54, 1.807) is 75.6 Å². The largest absolute Gasteiger partial charge is 0.508 e. The van der Waals surface area contributed by atoms with E-state index in [0.717, 1.165) is 9.60 Å². The minimum atomic E-state index is -2.15. The Morgan fingerprint density at radius 1 is 0.775 bits per heavy atom. The van der Waals surface area contributed by atoms with E-state index in [4.69, 9.17) is 19.2 Å². The number of amides is 4. The van der Waals surface area contributed by atoms with Gasteiger partial charge in [0.15, 0.2) is 5.13 Å². The molecular formula is C56H47N5O9S. The fraction of sp³-hybridized carbons (Fsp3) is 0.214. The van der Waals surface area contributed by atoms with Gasteiger partial charge in [0, 0.05) is 11.1 Å². The number of imide groups is 1. The number of carbonyl (C=O) groups is 5. The zero-order valence-corrected chi connectivity index (χ0v) is 39.8. The molecule has 3 N–H and O–H groups in total. The van der Waals surface area contributed by atoms with E-state index in [0.29, 0.717) is 39.1 Å². The summed E-state index contributed by atoms with van der Waals surface area (Å²) in [5.74, 6) is 1.78. The number of thiazole rings is 1.